The predicted molar refractivity (Wildman–Crippen MR) is 112 cm³/mol. The minimum absolute atomic E-state index is 0. The maximum absolute atomic E-state index is 12.7. The molecule has 2 saturated heterocycles. The number of piperidine rings is 1. The molecule has 0 atom stereocenters. The zero-order valence-corrected chi connectivity index (χ0v) is 17.3. The predicted octanol–water partition coefficient (Wildman–Crippen LogP) is 3.38. The fourth-order valence-corrected chi connectivity index (χ4v) is 3.81. The van der Waals surface area contributed by atoms with E-state index in [0.29, 0.717) is 5.92 Å². The molecule has 0 saturated carbocycles. The lowest BCUT2D eigenvalue weighted by Crippen LogP contribution is -2.40. The molecule has 0 unspecified atom stereocenters. The lowest BCUT2D eigenvalue weighted by Gasteiger charge is -2.32. The number of anilines is 1. The number of carbonyl (C=O) groups is 1. The average Bonchev–Trinajstić information content (AvgIpc) is 2.92. The average molecular weight is 403 g/mol. The van der Waals surface area contributed by atoms with E-state index in [2.05, 4.69) is 15.2 Å². The smallest absolute Gasteiger partial charge is 0.255 e. The molecule has 26 heavy (non-hydrogen) atoms. The standard InChI is InChI=1S/C19H30N4O.2ClH/c1-20-14-16-8-12-23(13-9-16)19(24)17-6-7-18(21-15-17)22-10-4-2-3-5-11-22;;/h6-7,15-16,20H,2-5,8-14H2,1H3;2*1H. The van der Waals surface area contributed by atoms with Gasteiger partial charge in [0.25, 0.3) is 5.91 Å². The van der Waals surface area contributed by atoms with Gasteiger partial charge < -0.3 is 15.1 Å². The first kappa shape index (κ1) is 23.0. The molecule has 3 rings (SSSR count). The highest BCUT2D eigenvalue weighted by atomic mass is 35.5. The van der Waals surface area contributed by atoms with Crippen LogP contribution in [0.3, 0.4) is 0 Å². The first-order valence-electron chi connectivity index (χ1n) is 9.43. The number of likely N-dealkylation sites (tertiary alicyclic amines) is 1. The molecule has 2 aliphatic heterocycles. The molecule has 2 aliphatic rings. The molecule has 2 fully saturated rings. The minimum Gasteiger partial charge on any atom is -0.357 e. The number of pyridine rings is 1. The molecule has 3 heterocycles. The number of amides is 1. The van der Waals surface area contributed by atoms with Gasteiger partial charge in [-0.1, -0.05) is 12.8 Å². The van der Waals surface area contributed by atoms with Gasteiger partial charge in [0, 0.05) is 32.4 Å². The van der Waals surface area contributed by atoms with Crippen LogP contribution in [0.5, 0.6) is 0 Å². The Kier molecular flexibility index (Phi) is 10.3. The number of rotatable bonds is 4. The molecule has 1 aromatic heterocycles. The summed E-state index contributed by atoms with van der Waals surface area (Å²) in [5.41, 5.74) is 0.723. The molecular formula is C19H32Cl2N4O. The molecule has 0 bridgehead atoms. The van der Waals surface area contributed by atoms with E-state index in [0.717, 1.165) is 56.9 Å². The van der Waals surface area contributed by atoms with Gasteiger partial charge in [-0.2, -0.15) is 0 Å². The first-order chi connectivity index (χ1) is 11.8. The van der Waals surface area contributed by atoms with Crippen molar-refractivity contribution in [1.82, 2.24) is 15.2 Å². The highest BCUT2D eigenvalue weighted by molar-refractivity contribution is 5.94. The summed E-state index contributed by atoms with van der Waals surface area (Å²) in [6, 6.07) is 3.97. The molecule has 148 valence electrons. The van der Waals surface area contributed by atoms with Gasteiger partial charge in [-0.3, -0.25) is 4.79 Å². The maximum atomic E-state index is 12.7. The number of nitrogens with zero attached hydrogens (tertiary/aromatic N) is 3. The summed E-state index contributed by atoms with van der Waals surface area (Å²) in [5.74, 6) is 1.84. The number of nitrogens with one attached hydrogen (secondary N) is 1. The number of hydrogen-bond acceptors (Lipinski definition) is 4. The Hall–Kier alpha value is -1.04. The lowest BCUT2D eigenvalue weighted by molar-refractivity contribution is 0.0690. The van der Waals surface area contributed by atoms with Crippen molar-refractivity contribution in [3.05, 3.63) is 23.9 Å². The van der Waals surface area contributed by atoms with E-state index in [1.54, 1.807) is 6.20 Å². The van der Waals surface area contributed by atoms with Crippen molar-refractivity contribution in [3.63, 3.8) is 0 Å². The van der Waals surface area contributed by atoms with Crippen LogP contribution in [0.2, 0.25) is 0 Å². The van der Waals surface area contributed by atoms with Gasteiger partial charge in [-0.15, -0.1) is 24.8 Å². The molecule has 0 aliphatic carbocycles. The van der Waals surface area contributed by atoms with E-state index in [1.807, 2.05) is 24.1 Å². The number of hydrogen-bond donors (Lipinski definition) is 1. The van der Waals surface area contributed by atoms with Gasteiger partial charge in [-0.25, -0.2) is 4.98 Å². The quantitative estimate of drug-likeness (QED) is 0.838. The zero-order chi connectivity index (χ0) is 16.8. The molecule has 0 spiro atoms. The van der Waals surface area contributed by atoms with Crippen LogP contribution in [0, 0.1) is 5.92 Å². The minimum atomic E-state index is 0. The van der Waals surface area contributed by atoms with Crippen LogP contribution < -0.4 is 10.2 Å². The Morgan fingerprint density at radius 1 is 1.08 bits per heavy atom. The van der Waals surface area contributed by atoms with E-state index >= 15 is 0 Å². The van der Waals surface area contributed by atoms with Crippen molar-refractivity contribution in [3.8, 4) is 0 Å². The van der Waals surface area contributed by atoms with Crippen LogP contribution in [0.1, 0.15) is 48.9 Å². The van der Waals surface area contributed by atoms with Crippen molar-refractivity contribution >= 4 is 36.5 Å². The van der Waals surface area contributed by atoms with Crippen molar-refractivity contribution < 1.29 is 4.79 Å². The van der Waals surface area contributed by atoms with Gasteiger partial charge in [-0.05, 0) is 57.3 Å². The van der Waals surface area contributed by atoms with E-state index in [4.69, 9.17) is 0 Å². The van der Waals surface area contributed by atoms with Crippen LogP contribution in [-0.2, 0) is 0 Å². The summed E-state index contributed by atoms with van der Waals surface area (Å²) in [4.78, 5) is 21.6. The third-order valence-corrected chi connectivity index (χ3v) is 5.32. The Labute approximate surface area is 169 Å². The number of aromatic nitrogens is 1. The fraction of sp³-hybridized carbons (Fsp3) is 0.684. The second-order valence-electron chi connectivity index (χ2n) is 7.10. The van der Waals surface area contributed by atoms with Crippen LogP contribution in [-0.4, -0.2) is 55.6 Å². The van der Waals surface area contributed by atoms with E-state index in [-0.39, 0.29) is 30.7 Å². The zero-order valence-electron chi connectivity index (χ0n) is 15.7. The molecule has 0 radical (unpaired) electrons. The van der Waals surface area contributed by atoms with Crippen molar-refractivity contribution in [2.45, 2.75) is 38.5 Å². The summed E-state index contributed by atoms with van der Waals surface area (Å²) in [6.07, 6.45) is 9.06. The molecule has 0 aromatic carbocycles. The van der Waals surface area contributed by atoms with Gasteiger partial charge in [0.2, 0.25) is 0 Å². The van der Waals surface area contributed by atoms with Crippen LogP contribution in [0.25, 0.3) is 0 Å². The second-order valence-corrected chi connectivity index (χ2v) is 7.10. The monoisotopic (exact) mass is 402 g/mol. The van der Waals surface area contributed by atoms with Crippen molar-refractivity contribution in [2.24, 2.45) is 5.92 Å². The van der Waals surface area contributed by atoms with Gasteiger partial charge in [0.1, 0.15) is 5.82 Å². The Balaban J connectivity index is 0.00000169. The summed E-state index contributed by atoms with van der Waals surface area (Å²) >= 11 is 0. The molecule has 1 N–H and O–H groups in total. The third-order valence-electron chi connectivity index (χ3n) is 5.32. The normalized spacial score (nSPS) is 18.5. The summed E-state index contributed by atoms with van der Waals surface area (Å²) in [7, 11) is 2.00. The Bertz CT molecular complexity index is 525. The highest BCUT2D eigenvalue weighted by Crippen LogP contribution is 2.20. The summed E-state index contributed by atoms with van der Waals surface area (Å²) in [6.45, 7) is 4.94. The molecule has 5 nitrogen and oxygen atoms in total. The molecule has 1 amide bonds. The van der Waals surface area contributed by atoms with E-state index in [9.17, 15) is 4.79 Å². The number of halogens is 2. The molecule has 7 heteroatoms. The second kappa shape index (κ2) is 11.6. The topological polar surface area (TPSA) is 48.5 Å². The lowest BCUT2D eigenvalue weighted by atomic mass is 9.96. The van der Waals surface area contributed by atoms with Crippen molar-refractivity contribution in [1.29, 1.82) is 0 Å². The molecular weight excluding hydrogens is 371 g/mol. The first-order valence-corrected chi connectivity index (χ1v) is 9.43. The van der Waals surface area contributed by atoms with Crippen molar-refractivity contribution in [2.75, 3.05) is 44.7 Å². The van der Waals surface area contributed by atoms with Gasteiger partial charge in [0.15, 0.2) is 0 Å². The SMILES string of the molecule is CNCC1CCN(C(=O)c2ccc(N3CCCCCC3)nc2)CC1.Cl.Cl. The van der Waals surface area contributed by atoms with Crippen LogP contribution in [0.4, 0.5) is 5.82 Å². The Morgan fingerprint density at radius 3 is 2.27 bits per heavy atom. The van der Waals surface area contributed by atoms with E-state index < -0.39 is 0 Å². The highest BCUT2D eigenvalue weighted by Gasteiger charge is 2.23. The maximum Gasteiger partial charge on any atom is 0.255 e. The van der Waals surface area contributed by atoms with Crippen LogP contribution in [0.15, 0.2) is 18.3 Å². The summed E-state index contributed by atoms with van der Waals surface area (Å²) in [5, 5.41) is 3.24. The Morgan fingerprint density at radius 2 is 1.73 bits per heavy atom. The largest absolute Gasteiger partial charge is 0.357 e. The van der Waals surface area contributed by atoms with Gasteiger partial charge >= 0.3 is 0 Å². The van der Waals surface area contributed by atoms with Gasteiger partial charge in [0.05, 0.1) is 5.56 Å². The summed E-state index contributed by atoms with van der Waals surface area (Å²) < 4.78 is 0. The third kappa shape index (κ3) is 6.00. The number of carbonyl (C=O) groups excluding carboxylic acids is 1. The van der Waals surface area contributed by atoms with E-state index in [1.165, 1.54) is 25.7 Å². The molecule has 1 aromatic rings. The fourth-order valence-electron chi connectivity index (χ4n) is 3.81. The van der Waals surface area contributed by atoms with Crippen LogP contribution >= 0.6 is 24.8 Å².